The predicted octanol–water partition coefficient (Wildman–Crippen LogP) is 1.97. The number of para-hydroxylation sites is 1. The lowest BCUT2D eigenvalue weighted by molar-refractivity contribution is 0.0693. The molecule has 2 rings (SSSR count). The molecule has 4 nitrogen and oxygen atoms in total. The van der Waals surface area contributed by atoms with Crippen molar-refractivity contribution in [3.05, 3.63) is 23.8 Å². The molecule has 0 spiro atoms. The molecule has 1 heterocycles. The van der Waals surface area contributed by atoms with Gasteiger partial charge in [-0.25, -0.2) is 0 Å². The second-order valence-corrected chi connectivity index (χ2v) is 4.65. The summed E-state index contributed by atoms with van der Waals surface area (Å²) in [6.07, 6.45) is 1.98. The highest BCUT2D eigenvalue weighted by Gasteiger charge is 2.24. The van der Waals surface area contributed by atoms with Crippen LogP contribution in [-0.4, -0.2) is 34.1 Å². The first-order valence-corrected chi connectivity index (χ1v) is 5.90. The summed E-state index contributed by atoms with van der Waals surface area (Å²) in [4.78, 5) is 13.9. The molecule has 1 amide bonds. The quantitative estimate of drug-likeness (QED) is 0.731. The number of likely N-dealkylation sites (tertiary alicyclic amines) is 1. The Morgan fingerprint density at radius 3 is 2.59 bits per heavy atom. The summed E-state index contributed by atoms with van der Waals surface area (Å²) < 4.78 is 0. The lowest BCUT2D eigenvalue weighted by Gasteiger charge is -2.30. The number of carbonyl (C=O) groups excluding carboxylic acids is 1. The van der Waals surface area contributed by atoms with Gasteiger partial charge in [-0.2, -0.15) is 0 Å². The number of phenolic OH excluding ortho intramolecular Hbond substituents is 2. The number of aromatic hydroxyl groups is 2. The van der Waals surface area contributed by atoms with Gasteiger partial charge in [0.2, 0.25) is 0 Å². The van der Waals surface area contributed by atoms with Crippen LogP contribution in [0.1, 0.15) is 30.1 Å². The van der Waals surface area contributed by atoms with Crippen molar-refractivity contribution in [3.8, 4) is 11.5 Å². The largest absolute Gasteiger partial charge is 0.504 e. The number of hydrogen-bond acceptors (Lipinski definition) is 3. The van der Waals surface area contributed by atoms with Gasteiger partial charge in [0, 0.05) is 13.1 Å². The Kier molecular flexibility index (Phi) is 3.22. The number of amides is 1. The van der Waals surface area contributed by atoms with Crippen LogP contribution in [0.5, 0.6) is 11.5 Å². The fourth-order valence-electron chi connectivity index (χ4n) is 2.09. The maximum Gasteiger partial charge on any atom is 0.257 e. The van der Waals surface area contributed by atoms with Crippen molar-refractivity contribution >= 4 is 5.91 Å². The molecule has 0 aromatic heterocycles. The van der Waals surface area contributed by atoms with Gasteiger partial charge in [-0.1, -0.05) is 13.0 Å². The molecule has 1 aliphatic rings. The fourth-order valence-corrected chi connectivity index (χ4v) is 2.09. The van der Waals surface area contributed by atoms with E-state index in [-0.39, 0.29) is 23.0 Å². The van der Waals surface area contributed by atoms with Gasteiger partial charge in [-0.15, -0.1) is 0 Å². The van der Waals surface area contributed by atoms with Gasteiger partial charge in [-0.3, -0.25) is 4.79 Å². The van der Waals surface area contributed by atoms with Crippen LogP contribution < -0.4 is 0 Å². The van der Waals surface area contributed by atoms with Crippen LogP contribution in [0.4, 0.5) is 0 Å². The molecule has 2 N–H and O–H groups in total. The Morgan fingerprint density at radius 2 is 1.94 bits per heavy atom. The second-order valence-electron chi connectivity index (χ2n) is 4.65. The zero-order valence-corrected chi connectivity index (χ0v) is 9.89. The Hall–Kier alpha value is -1.71. The molecule has 0 bridgehead atoms. The maximum absolute atomic E-state index is 12.1. The van der Waals surface area contributed by atoms with Crippen molar-refractivity contribution in [1.29, 1.82) is 0 Å². The van der Waals surface area contributed by atoms with Crippen molar-refractivity contribution in [3.63, 3.8) is 0 Å². The van der Waals surface area contributed by atoms with Gasteiger partial charge in [-0.05, 0) is 30.9 Å². The summed E-state index contributed by atoms with van der Waals surface area (Å²) in [5.41, 5.74) is 0.180. The van der Waals surface area contributed by atoms with E-state index in [4.69, 9.17) is 0 Å². The monoisotopic (exact) mass is 235 g/mol. The van der Waals surface area contributed by atoms with E-state index in [1.807, 2.05) is 0 Å². The van der Waals surface area contributed by atoms with E-state index >= 15 is 0 Å². The summed E-state index contributed by atoms with van der Waals surface area (Å²) in [6, 6.07) is 4.47. The van der Waals surface area contributed by atoms with Crippen molar-refractivity contribution in [2.24, 2.45) is 5.92 Å². The van der Waals surface area contributed by atoms with Gasteiger partial charge < -0.3 is 15.1 Å². The van der Waals surface area contributed by atoms with Crippen LogP contribution in [0.3, 0.4) is 0 Å². The topological polar surface area (TPSA) is 60.8 Å². The van der Waals surface area contributed by atoms with E-state index in [1.165, 1.54) is 12.1 Å². The SMILES string of the molecule is CC1CCN(C(=O)c2cccc(O)c2O)CC1. The molecule has 1 fully saturated rings. The highest BCUT2D eigenvalue weighted by Crippen LogP contribution is 2.30. The average molecular weight is 235 g/mol. The highest BCUT2D eigenvalue weighted by molar-refractivity contribution is 5.97. The number of phenols is 2. The minimum atomic E-state index is -0.323. The van der Waals surface area contributed by atoms with Crippen LogP contribution >= 0.6 is 0 Å². The Morgan fingerprint density at radius 1 is 1.29 bits per heavy atom. The van der Waals surface area contributed by atoms with E-state index in [0.29, 0.717) is 5.92 Å². The lowest BCUT2D eigenvalue weighted by Crippen LogP contribution is -2.37. The Bertz CT molecular complexity index is 423. The molecule has 0 saturated carbocycles. The molecule has 0 atom stereocenters. The summed E-state index contributed by atoms with van der Waals surface area (Å²) >= 11 is 0. The van der Waals surface area contributed by atoms with Gasteiger partial charge in [0.15, 0.2) is 11.5 Å². The highest BCUT2D eigenvalue weighted by atomic mass is 16.3. The predicted molar refractivity (Wildman–Crippen MR) is 64.1 cm³/mol. The first kappa shape index (κ1) is 11.8. The maximum atomic E-state index is 12.1. The summed E-state index contributed by atoms with van der Waals surface area (Å²) in [6.45, 7) is 3.61. The first-order chi connectivity index (χ1) is 8.09. The molecule has 1 aromatic rings. The standard InChI is InChI=1S/C13H17NO3/c1-9-5-7-14(8-6-9)13(17)10-3-2-4-11(15)12(10)16/h2-4,9,15-16H,5-8H2,1H3. The molecule has 17 heavy (non-hydrogen) atoms. The average Bonchev–Trinajstić information content (AvgIpc) is 2.33. The third-order valence-electron chi connectivity index (χ3n) is 3.32. The molecule has 1 aromatic carbocycles. The molecule has 1 saturated heterocycles. The smallest absolute Gasteiger partial charge is 0.257 e. The van der Waals surface area contributed by atoms with Crippen LogP contribution in [0.25, 0.3) is 0 Å². The van der Waals surface area contributed by atoms with Crippen molar-refractivity contribution in [2.75, 3.05) is 13.1 Å². The number of hydrogen-bond donors (Lipinski definition) is 2. The fraction of sp³-hybridized carbons (Fsp3) is 0.462. The van der Waals surface area contributed by atoms with Gasteiger partial charge in [0.25, 0.3) is 5.91 Å². The summed E-state index contributed by atoms with van der Waals surface area (Å²) in [5.74, 6) is -0.125. The van der Waals surface area contributed by atoms with E-state index in [2.05, 4.69) is 6.92 Å². The summed E-state index contributed by atoms with van der Waals surface area (Å²) in [7, 11) is 0. The lowest BCUT2D eigenvalue weighted by atomic mass is 9.98. The van der Waals surface area contributed by atoms with E-state index < -0.39 is 0 Å². The normalized spacial score (nSPS) is 17.1. The molecule has 0 radical (unpaired) electrons. The Balaban J connectivity index is 2.17. The molecule has 4 heteroatoms. The number of nitrogens with zero attached hydrogens (tertiary/aromatic N) is 1. The van der Waals surface area contributed by atoms with E-state index in [1.54, 1.807) is 11.0 Å². The number of piperidine rings is 1. The van der Waals surface area contributed by atoms with Crippen LogP contribution in [0, 0.1) is 5.92 Å². The van der Waals surface area contributed by atoms with Gasteiger partial charge in [0.05, 0.1) is 5.56 Å². The minimum Gasteiger partial charge on any atom is -0.504 e. The second kappa shape index (κ2) is 4.65. The minimum absolute atomic E-state index is 0.180. The molecular formula is C13H17NO3. The van der Waals surface area contributed by atoms with Crippen LogP contribution in [0.2, 0.25) is 0 Å². The summed E-state index contributed by atoms with van der Waals surface area (Å²) in [5, 5.41) is 19.0. The van der Waals surface area contributed by atoms with Crippen molar-refractivity contribution < 1.29 is 15.0 Å². The van der Waals surface area contributed by atoms with Crippen molar-refractivity contribution in [1.82, 2.24) is 4.90 Å². The molecular weight excluding hydrogens is 218 g/mol. The van der Waals surface area contributed by atoms with E-state index in [0.717, 1.165) is 25.9 Å². The van der Waals surface area contributed by atoms with Crippen LogP contribution in [0.15, 0.2) is 18.2 Å². The van der Waals surface area contributed by atoms with Gasteiger partial charge in [0.1, 0.15) is 0 Å². The zero-order chi connectivity index (χ0) is 12.4. The van der Waals surface area contributed by atoms with Gasteiger partial charge >= 0.3 is 0 Å². The third kappa shape index (κ3) is 2.35. The zero-order valence-electron chi connectivity index (χ0n) is 9.89. The number of rotatable bonds is 1. The van der Waals surface area contributed by atoms with E-state index in [9.17, 15) is 15.0 Å². The number of benzene rings is 1. The first-order valence-electron chi connectivity index (χ1n) is 5.90. The van der Waals surface area contributed by atoms with Crippen LogP contribution in [-0.2, 0) is 0 Å². The molecule has 92 valence electrons. The Labute approximate surface area is 100 Å². The molecule has 1 aliphatic heterocycles. The molecule has 0 aliphatic carbocycles. The van der Waals surface area contributed by atoms with Crippen molar-refractivity contribution in [2.45, 2.75) is 19.8 Å². The third-order valence-corrected chi connectivity index (χ3v) is 3.32. The number of carbonyl (C=O) groups is 1. The molecule has 0 unspecified atom stereocenters.